The minimum absolute atomic E-state index is 0.0379. The van der Waals surface area contributed by atoms with Crippen LogP contribution in [-0.4, -0.2) is 59.5 Å². The molecule has 1 N–H and O–H groups in total. The lowest BCUT2D eigenvalue weighted by Crippen LogP contribution is -2.48. The molecule has 0 bridgehead atoms. The largest absolute Gasteiger partial charge is 0.491 e. The maximum atomic E-state index is 12.9. The van der Waals surface area contributed by atoms with Gasteiger partial charge in [-0.1, -0.05) is 17.7 Å². The monoisotopic (exact) mass is 478 g/mol. The Morgan fingerprint density at radius 3 is 2.51 bits per heavy atom. The Kier molecular flexibility index (Phi) is 7.36. The summed E-state index contributed by atoms with van der Waals surface area (Å²) in [5, 5.41) is 2.96. The van der Waals surface area contributed by atoms with Crippen LogP contribution in [0.2, 0.25) is 0 Å². The molecule has 0 radical (unpaired) electrons. The SMILES string of the molecule is COc1cn(CC(=O)Nc2ccc(C)cc2C)c(CN2CCN(C(=O)c3ccco3)CC2)cc1=O. The Labute approximate surface area is 203 Å². The summed E-state index contributed by atoms with van der Waals surface area (Å²) in [6, 6.07) is 10.7. The van der Waals surface area contributed by atoms with Crippen LogP contribution in [0.4, 0.5) is 5.69 Å². The first-order valence-electron chi connectivity index (χ1n) is 11.5. The molecule has 0 aliphatic carbocycles. The molecular formula is C26H30N4O5. The van der Waals surface area contributed by atoms with Crippen molar-refractivity contribution in [3.63, 3.8) is 0 Å². The maximum Gasteiger partial charge on any atom is 0.289 e. The first-order chi connectivity index (χ1) is 16.8. The number of aryl methyl sites for hydroxylation is 2. The van der Waals surface area contributed by atoms with Crippen molar-refractivity contribution in [2.45, 2.75) is 26.9 Å². The third kappa shape index (κ3) is 5.81. The summed E-state index contributed by atoms with van der Waals surface area (Å²) >= 11 is 0. The number of nitrogens with one attached hydrogen (secondary N) is 1. The van der Waals surface area contributed by atoms with E-state index in [0.717, 1.165) is 16.8 Å². The third-order valence-electron chi connectivity index (χ3n) is 6.15. The van der Waals surface area contributed by atoms with Gasteiger partial charge in [0.2, 0.25) is 11.3 Å². The number of hydrogen-bond acceptors (Lipinski definition) is 6. The quantitative estimate of drug-likeness (QED) is 0.561. The van der Waals surface area contributed by atoms with E-state index in [2.05, 4.69) is 10.2 Å². The zero-order valence-corrected chi connectivity index (χ0v) is 20.2. The van der Waals surface area contributed by atoms with Crippen molar-refractivity contribution in [2.24, 2.45) is 0 Å². The molecule has 184 valence electrons. The van der Waals surface area contributed by atoms with Crippen LogP contribution in [0.25, 0.3) is 0 Å². The van der Waals surface area contributed by atoms with Crippen LogP contribution >= 0.6 is 0 Å². The second-order valence-electron chi connectivity index (χ2n) is 8.74. The second-order valence-corrected chi connectivity index (χ2v) is 8.74. The molecule has 0 spiro atoms. The molecule has 1 aliphatic rings. The van der Waals surface area contributed by atoms with Crippen LogP contribution in [0.1, 0.15) is 27.4 Å². The van der Waals surface area contributed by atoms with Gasteiger partial charge in [-0.3, -0.25) is 19.3 Å². The highest BCUT2D eigenvalue weighted by Crippen LogP contribution is 2.17. The van der Waals surface area contributed by atoms with Crippen LogP contribution in [-0.2, 0) is 17.9 Å². The number of benzene rings is 1. The zero-order valence-electron chi connectivity index (χ0n) is 20.2. The van der Waals surface area contributed by atoms with Crippen LogP contribution in [0.5, 0.6) is 5.75 Å². The molecule has 3 heterocycles. The van der Waals surface area contributed by atoms with Gasteiger partial charge in [-0.2, -0.15) is 0 Å². The van der Waals surface area contributed by atoms with E-state index in [1.54, 1.807) is 27.8 Å². The molecule has 1 fully saturated rings. The van der Waals surface area contributed by atoms with Gasteiger partial charge < -0.3 is 23.9 Å². The number of pyridine rings is 1. The van der Waals surface area contributed by atoms with Crippen LogP contribution in [0.15, 0.2) is 58.1 Å². The summed E-state index contributed by atoms with van der Waals surface area (Å²) in [6.07, 6.45) is 3.07. The number of hydrogen-bond donors (Lipinski definition) is 1. The number of aromatic nitrogens is 1. The standard InChI is InChI=1S/C26H30N4O5/c1-18-6-7-21(19(2)13-18)27-25(32)17-30-16-24(34-3)22(31)14-20(30)15-28-8-10-29(11-9-28)26(33)23-5-4-12-35-23/h4-7,12-14,16H,8-11,15,17H2,1-3H3,(H,27,32). The molecule has 1 aromatic carbocycles. The summed E-state index contributed by atoms with van der Waals surface area (Å²) in [7, 11) is 1.44. The highest BCUT2D eigenvalue weighted by molar-refractivity contribution is 5.92. The van der Waals surface area contributed by atoms with E-state index in [1.807, 2.05) is 32.0 Å². The molecule has 0 atom stereocenters. The Balaban J connectivity index is 1.45. The Morgan fingerprint density at radius 2 is 1.86 bits per heavy atom. The van der Waals surface area contributed by atoms with Gasteiger partial charge in [0.1, 0.15) is 6.54 Å². The van der Waals surface area contributed by atoms with E-state index in [-0.39, 0.29) is 29.5 Å². The minimum Gasteiger partial charge on any atom is -0.491 e. The lowest BCUT2D eigenvalue weighted by atomic mass is 10.1. The highest BCUT2D eigenvalue weighted by atomic mass is 16.5. The predicted octanol–water partition coefficient (Wildman–Crippen LogP) is 2.66. The fourth-order valence-electron chi connectivity index (χ4n) is 4.22. The number of nitrogens with zero attached hydrogens (tertiary/aromatic N) is 3. The molecule has 9 heteroatoms. The Morgan fingerprint density at radius 1 is 1.09 bits per heavy atom. The number of rotatable bonds is 7. The van der Waals surface area contributed by atoms with E-state index in [4.69, 9.17) is 9.15 Å². The first kappa shape index (κ1) is 24.3. The van der Waals surface area contributed by atoms with Gasteiger partial charge in [0.15, 0.2) is 11.5 Å². The highest BCUT2D eigenvalue weighted by Gasteiger charge is 2.24. The van der Waals surface area contributed by atoms with E-state index >= 15 is 0 Å². The van der Waals surface area contributed by atoms with Gasteiger partial charge in [-0.25, -0.2) is 0 Å². The number of carbonyl (C=O) groups excluding carboxylic acids is 2. The van der Waals surface area contributed by atoms with E-state index in [9.17, 15) is 14.4 Å². The number of carbonyl (C=O) groups is 2. The van der Waals surface area contributed by atoms with Gasteiger partial charge in [-0.15, -0.1) is 0 Å². The van der Waals surface area contributed by atoms with Gasteiger partial charge in [0.05, 0.1) is 19.6 Å². The smallest absolute Gasteiger partial charge is 0.289 e. The topological polar surface area (TPSA) is 97.0 Å². The van der Waals surface area contributed by atoms with Crippen molar-refractivity contribution >= 4 is 17.5 Å². The van der Waals surface area contributed by atoms with Crippen molar-refractivity contribution in [1.29, 1.82) is 0 Å². The summed E-state index contributed by atoms with van der Waals surface area (Å²) < 4.78 is 12.2. The minimum atomic E-state index is -0.236. The van der Waals surface area contributed by atoms with Crippen LogP contribution in [0, 0.1) is 13.8 Å². The van der Waals surface area contributed by atoms with Gasteiger partial charge in [-0.05, 0) is 37.6 Å². The van der Waals surface area contributed by atoms with Crippen molar-refractivity contribution in [1.82, 2.24) is 14.4 Å². The van der Waals surface area contributed by atoms with Crippen LogP contribution < -0.4 is 15.5 Å². The number of amides is 2. The fraction of sp³-hybridized carbons (Fsp3) is 0.346. The van der Waals surface area contributed by atoms with Crippen LogP contribution in [0.3, 0.4) is 0 Å². The molecule has 1 aliphatic heterocycles. The van der Waals surface area contributed by atoms with Crippen molar-refractivity contribution < 1.29 is 18.7 Å². The first-order valence-corrected chi connectivity index (χ1v) is 11.5. The normalized spacial score (nSPS) is 14.1. The van der Waals surface area contributed by atoms with Crippen molar-refractivity contribution in [3.8, 4) is 5.75 Å². The van der Waals surface area contributed by atoms with Gasteiger partial charge in [0, 0.05) is 50.2 Å². The number of piperazine rings is 1. The number of methoxy groups -OCH3 is 1. The molecular weight excluding hydrogens is 448 g/mol. The third-order valence-corrected chi connectivity index (χ3v) is 6.15. The lowest BCUT2D eigenvalue weighted by Gasteiger charge is -2.34. The Hall–Kier alpha value is -3.85. The molecule has 3 aromatic rings. The van der Waals surface area contributed by atoms with Gasteiger partial charge >= 0.3 is 0 Å². The lowest BCUT2D eigenvalue weighted by molar-refractivity contribution is -0.116. The summed E-state index contributed by atoms with van der Waals surface area (Å²) in [5.41, 5.74) is 3.34. The molecule has 0 unspecified atom stereocenters. The molecule has 0 saturated carbocycles. The Bertz CT molecular complexity index is 1260. The molecule has 2 aromatic heterocycles. The summed E-state index contributed by atoms with van der Waals surface area (Å²) in [4.78, 5) is 41.8. The number of anilines is 1. The van der Waals surface area contributed by atoms with E-state index < -0.39 is 0 Å². The molecule has 1 saturated heterocycles. The molecule has 2 amide bonds. The fourth-order valence-corrected chi connectivity index (χ4v) is 4.22. The van der Waals surface area contributed by atoms with E-state index in [1.165, 1.54) is 19.4 Å². The number of furan rings is 1. The maximum absolute atomic E-state index is 12.9. The average molecular weight is 479 g/mol. The average Bonchev–Trinajstić information content (AvgIpc) is 3.37. The van der Waals surface area contributed by atoms with Gasteiger partial charge in [0.25, 0.3) is 5.91 Å². The summed E-state index contributed by atoms with van der Waals surface area (Å²) in [6.45, 7) is 6.84. The predicted molar refractivity (Wildman–Crippen MR) is 132 cm³/mol. The summed E-state index contributed by atoms with van der Waals surface area (Å²) in [5.74, 6) is 0.191. The second kappa shape index (κ2) is 10.6. The molecule has 4 rings (SSSR count). The van der Waals surface area contributed by atoms with Crippen molar-refractivity contribution in [3.05, 3.63) is 81.7 Å². The zero-order chi connectivity index (χ0) is 24.9. The van der Waals surface area contributed by atoms with Crippen molar-refractivity contribution in [2.75, 3.05) is 38.6 Å². The van der Waals surface area contributed by atoms with E-state index in [0.29, 0.717) is 44.2 Å². The number of ether oxygens (including phenoxy) is 1. The molecule has 35 heavy (non-hydrogen) atoms. The molecule has 9 nitrogen and oxygen atoms in total.